The summed E-state index contributed by atoms with van der Waals surface area (Å²) in [7, 11) is 0. The number of rotatable bonds is 2. The summed E-state index contributed by atoms with van der Waals surface area (Å²) in [5.74, 6) is -0.786. The summed E-state index contributed by atoms with van der Waals surface area (Å²) in [4.78, 5) is 10.2. The number of hydrogen-bond donors (Lipinski definition) is 1. The lowest BCUT2D eigenvalue weighted by Crippen LogP contribution is -2.02. The smallest absolute Gasteiger partial charge is 0.307 e. The van der Waals surface area contributed by atoms with Crippen LogP contribution in [0.1, 0.15) is 29.5 Å². The largest absolute Gasteiger partial charge is 0.481 e. The molecule has 5 rings (SSSR count). The van der Waals surface area contributed by atoms with Gasteiger partial charge in [0.2, 0.25) is 0 Å². The van der Waals surface area contributed by atoms with Crippen LogP contribution in [0.3, 0.4) is 0 Å². The van der Waals surface area contributed by atoms with E-state index in [1.807, 2.05) is 18.2 Å². The first-order valence-corrected chi connectivity index (χ1v) is 9.90. The summed E-state index contributed by atoms with van der Waals surface area (Å²) in [5.41, 5.74) is 4.02. The van der Waals surface area contributed by atoms with Gasteiger partial charge in [0.25, 0.3) is 0 Å². The molecule has 28 heavy (non-hydrogen) atoms. The minimum atomic E-state index is -0.786. The van der Waals surface area contributed by atoms with Gasteiger partial charge in [-0.05, 0) is 63.9 Å². The van der Waals surface area contributed by atoms with Gasteiger partial charge in [0, 0.05) is 0 Å². The second kappa shape index (κ2) is 8.26. The molecule has 0 saturated carbocycles. The van der Waals surface area contributed by atoms with Crippen LogP contribution in [0.15, 0.2) is 78.9 Å². The van der Waals surface area contributed by atoms with E-state index in [1.165, 1.54) is 47.2 Å². The maximum Gasteiger partial charge on any atom is 0.307 e. The fraction of sp³-hybridized carbons (Fsp3) is 0.192. The Morgan fingerprint density at radius 1 is 0.714 bits per heavy atom. The third-order valence-corrected chi connectivity index (χ3v) is 5.46. The van der Waals surface area contributed by atoms with Gasteiger partial charge in [-0.1, -0.05) is 78.9 Å². The first-order chi connectivity index (χ1) is 13.7. The van der Waals surface area contributed by atoms with Crippen LogP contribution in [0.5, 0.6) is 0 Å². The van der Waals surface area contributed by atoms with Crippen molar-refractivity contribution in [2.24, 2.45) is 0 Å². The van der Waals surface area contributed by atoms with Crippen molar-refractivity contribution in [1.82, 2.24) is 0 Å². The van der Waals surface area contributed by atoms with Crippen molar-refractivity contribution in [3.05, 3.63) is 95.6 Å². The fourth-order valence-electron chi connectivity index (χ4n) is 4.11. The molecule has 1 aliphatic rings. The van der Waals surface area contributed by atoms with Crippen molar-refractivity contribution in [1.29, 1.82) is 0 Å². The molecule has 0 bridgehead atoms. The molecular weight excluding hydrogens is 344 g/mol. The fourth-order valence-corrected chi connectivity index (χ4v) is 4.11. The topological polar surface area (TPSA) is 37.3 Å². The number of fused-ring (bicyclic) bond motifs is 5. The zero-order chi connectivity index (χ0) is 19.3. The Morgan fingerprint density at radius 3 is 2.25 bits per heavy atom. The Kier molecular flexibility index (Phi) is 5.38. The number of carboxylic acid groups (broad SMARTS) is 1. The molecule has 0 spiro atoms. The zero-order valence-electron chi connectivity index (χ0n) is 15.9. The summed E-state index contributed by atoms with van der Waals surface area (Å²) in [5, 5.41) is 14.0. The van der Waals surface area contributed by atoms with Crippen molar-refractivity contribution in [3.63, 3.8) is 0 Å². The molecule has 0 unspecified atom stereocenters. The normalized spacial score (nSPS) is 12.9. The Labute approximate surface area is 165 Å². The van der Waals surface area contributed by atoms with Crippen LogP contribution in [0.25, 0.3) is 21.5 Å². The van der Waals surface area contributed by atoms with Crippen molar-refractivity contribution in [3.8, 4) is 0 Å². The first kappa shape index (κ1) is 18.2. The molecule has 1 aliphatic carbocycles. The van der Waals surface area contributed by atoms with Crippen molar-refractivity contribution in [2.75, 3.05) is 0 Å². The highest BCUT2D eigenvalue weighted by Gasteiger charge is 2.13. The molecule has 0 aliphatic heterocycles. The van der Waals surface area contributed by atoms with Crippen LogP contribution in [0.2, 0.25) is 0 Å². The van der Waals surface area contributed by atoms with E-state index in [9.17, 15) is 4.79 Å². The van der Waals surface area contributed by atoms with E-state index in [0.29, 0.717) is 0 Å². The number of hydrogen-bond acceptors (Lipinski definition) is 1. The summed E-state index contributed by atoms with van der Waals surface area (Å²) in [6.45, 7) is 0. The molecule has 0 fully saturated rings. The van der Waals surface area contributed by atoms with Crippen LogP contribution in [-0.4, -0.2) is 11.1 Å². The highest BCUT2D eigenvalue weighted by molar-refractivity contribution is 6.08. The molecule has 2 nitrogen and oxygen atoms in total. The molecule has 0 atom stereocenters. The summed E-state index contributed by atoms with van der Waals surface area (Å²) >= 11 is 0. The van der Waals surface area contributed by atoms with Gasteiger partial charge < -0.3 is 5.11 Å². The molecule has 0 aromatic heterocycles. The summed E-state index contributed by atoms with van der Waals surface area (Å²) in [6, 6.07) is 27.1. The van der Waals surface area contributed by atoms with Crippen molar-refractivity contribution >= 4 is 27.5 Å². The van der Waals surface area contributed by atoms with E-state index < -0.39 is 5.97 Å². The van der Waals surface area contributed by atoms with Gasteiger partial charge in [-0.15, -0.1) is 0 Å². The average Bonchev–Trinajstić information content (AvgIpc) is 2.74. The van der Waals surface area contributed by atoms with Gasteiger partial charge in [-0.3, -0.25) is 4.79 Å². The van der Waals surface area contributed by atoms with Gasteiger partial charge >= 0.3 is 5.97 Å². The number of benzene rings is 4. The van der Waals surface area contributed by atoms with Crippen LogP contribution in [0.4, 0.5) is 0 Å². The standard InChI is InChI=1S/C18H16.C8H8O2/c1-3-7-15-13(5-1)9-11-18-16-8-4-2-6-14(16)10-12-17(15)18;9-8(10)6-7-4-2-1-3-5-7/h1,3,5,7,9-12H,2,4,6,8H2;1-5H,6H2,(H,9,10). The summed E-state index contributed by atoms with van der Waals surface area (Å²) < 4.78 is 0. The highest BCUT2D eigenvalue weighted by Crippen LogP contribution is 2.33. The summed E-state index contributed by atoms with van der Waals surface area (Å²) in [6.07, 6.45) is 5.33. The van der Waals surface area contributed by atoms with Crippen molar-refractivity contribution in [2.45, 2.75) is 32.1 Å². The van der Waals surface area contributed by atoms with Crippen LogP contribution in [0, 0.1) is 0 Å². The van der Waals surface area contributed by atoms with Crippen LogP contribution in [-0.2, 0) is 24.1 Å². The van der Waals surface area contributed by atoms with Gasteiger partial charge in [0.05, 0.1) is 6.42 Å². The molecule has 0 saturated heterocycles. The van der Waals surface area contributed by atoms with E-state index in [1.54, 1.807) is 23.3 Å². The Hall–Kier alpha value is -3.13. The molecule has 0 heterocycles. The maximum absolute atomic E-state index is 10.2. The Morgan fingerprint density at radius 2 is 1.43 bits per heavy atom. The Bertz CT molecular complexity index is 1110. The van der Waals surface area contributed by atoms with Crippen LogP contribution < -0.4 is 0 Å². The van der Waals surface area contributed by atoms with Gasteiger partial charge in [0.15, 0.2) is 0 Å². The average molecular weight is 368 g/mol. The predicted molar refractivity (Wildman–Crippen MR) is 116 cm³/mol. The van der Waals surface area contributed by atoms with Crippen molar-refractivity contribution < 1.29 is 9.90 Å². The quantitative estimate of drug-likeness (QED) is 0.429. The molecule has 0 radical (unpaired) electrons. The molecular formula is C26H24O2. The molecule has 4 aromatic rings. The van der Waals surface area contributed by atoms with Crippen LogP contribution >= 0.6 is 0 Å². The third-order valence-electron chi connectivity index (χ3n) is 5.46. The van der Waals surface area contributed by atoms with E-state index in [2.05, 4.69) is 48.5 Å². The zero-order valence-corrected chi connectivity index (χ0v) is 15.9. The van der Waals surface area contributed by atoms with E-state index >= 15 is 0 Å². The molecule has 2 heteroatoms. The predicted octanol–water partition coefficient (Wildman–Crippen LogP) is 6.19. The van der Waals surface area contributed by atoms with E-state index in [0.717, 1.165) is 5.56 Å². The monoisotopic (exact) mass is 368 g/mol. The molecule has 4 aromatic carbocycles. The highest BCUT2D eigenvalue weighted by atomic mass is 16.4. The molecule has 1 N–H and O–H groups in total. The molecule has 140 valence electrons. The maximum atomic E-state index is 10.2. The SMILES string of the molecule is O=C(O)Cc1ccccc1.c1ccc2c(c1)ccc1c3c(ccc12)CCCC3. The second-order valence-corrected chi connectivity index (χ2v) is 7.35. The lowest BCUT2D eigenvalue weighted by Gasteiger charge is -2.18. The van der Waals surface area contributed by atoms with Gasteiger partial charge in [-0.2, -0.15) is 0 Å². The Balaban J connectivity index is 0.000000165. The third kappa shape index (κ3) is 3.91. The number of carbonyl (C=O) groups is 1. The van der Waals surface area contributed by atoms with Gasteiger partial charge in [-0.25, -0.2) is 0 Å². The number of aryl methyl sites for hydroxylation is 2. The minimum Gasteiger partial charge on any atom is -0.481 e. The molecule has 0 amide bonds. The van der Waals surface area contributed by atoms with E-state index in [-0.39, 0.29) is 6.42 Å². The lowest BCUT2D eigenvalue weighted by molar-refractivity contribution is -0.136. The minimum absolute atomic E-state index is 0.112. The van der Waals surface area contributed by atoms with Gasteiger partial charge in [0.1, 0.15) is 0 Å². The number of carboxylic acids is 1. The lowest BCUT2D eigenvalue weighted by atomic mass is 9.86. The first-order valence-electron chi connectivity index (χ1n) is 9.90. The second-order valence-electron chi connectivity index (χ2n) is 7.35. The van der Waals surface area contributed by atoms with E-state index in [4.69, 9.17) is 5.11 Å². The number of aliphatic carboxylic acids is 1.